The van der Waals surface area contributed by atoms with Gasteiger partial charge in [0.15, 0.2) is 10.3 Å². The molecule has 10 N–H and O–H groups in total. The van der Waals surface area contributed by atoms with Crippen molar-refractivity contribution in [3.63, 3.8) is 0 Å². The summed E-state index contributed by atoms with van der Waals surface area (Å²) in [6.45, 7) is 11.3. The first kappa shape index (κ1) is 47.2. The molecule has 2 aliphatic heterocycles. The molecule has 0 bridgehead atoms. The number of anilines is 2. The molecular weight excluding hydrogens is 937 g/mol. The average molecular weight is 991 g/mol. The average Bonchev–Trinajstić information content (AvgIpc) is 4.22. The SMILES string of the molecule is CC1(C)Cc2sc(N)nc2-c2[nH]c3ccc(C(=O)NC4CCN(C(=O)c5cccnc5)C4)cc3c21.CC1(C)Cc2sc(N)nc2-c2[nH]c3ccc(C(=O)O)cc3c21.NC1CCN(C(=O)c2cccnc2)C1. The summed E-state index contributed by atoms with van der Waals surface area (Å²) in [7, 11) is 0. The number of nitrogens with zero attached hydrogens (tertiary/aromatic N) is 6. The number of nitrogens with one attached hydrogen (secondary N) is 3. The summed E-state index contributed by atoms with van der Waals surface area (Å²) in [5.74, 6) is -1.07. The summed E-state index contributed by atoms with van der Waals surface area (Å²) in [4.78, 5) is 78.8. The summed E-state index contributed by atoms with van der Waals surface area (Å²) in [5.41, 5.74) is 27.5. The van der Waals surface area contributed by atoms with Crippen LogP contribution in [0.15, 0.2) is 85.5 Å². The second kappa shape index (κ2) is 18.4. The Balaban J connectivity index is 0.000000137. The third-order valence-corrected chi connectivity index (χ3v) is 15.5. The number of carbonyl (C=O) groups is 4. The molecule has 2 atom stereocenters. The van der Waals surface area contributed by atoms with Gasteiger partial charge in [-0.1, -0.05) is 27.7 Å². The number of nitrogen functional groups attached to an aromatic ring is 2. The number of likely N-dealkylation sites (tertiary alicyclic amines) is 2. The van der Waals surface area contributed by atoms with E-state index in [0.717, 1.165) is 82.4 Å². The Morgan fingerprint density at radius 3 is 1.66 bits per heavy atom. The number of hydrogen-bond donors (Lipinski definition) is 7. The van der Waals surface area contributed by atoms with Crippen LogP contribution in [0.5, 0.6) is 0 Å². The third-order valence-electron chi connectivity index (χ3n) is 13.7. The standard InChI is InChI=1S/C26H26N6O2S.C16H15N3O2S.C10H13N3O/c1-26(2)11-19-21(31-25(27)35-19)22-20(26)17-10-14(5-6-18(17)30-22)23(33)29-16-7-9-32(13-16)24(34)15-4-3-8-28-12-15;1-16(2)6-10-12(19-15(17)22-10)13-11(16)8-5-7(14(20)21)3-4-9(8)18-13;11-9-3-5-13(7-9)10(14)8-2-1-4-12-6-8/h3-6,8,10,12,16,30H,7,9,11,13H2,1-2H3,(H2,27,31)(H,29,33);3-5,18H,6H2,1-2H3,(H2,17,19)(H,20,21);1-2,4,6,9H,3,5,7,11H2. The number of nitrogens with two attached hydrogens (primary N) is 3. The number of pyridine rings is 2. The molecule has 3 amide bonds. The molecule has 364 valence electrons. The van der Waals surface area contributed by atoms with Crippen molar-refractivity contribution in [2.24, 2.45) is 5.73 Å². The second-order valence-corrected chi connectivity index (χ2v) is 22.1. The minimum Gasteiger partial charge on any atom is -0.478 e. The van der Waals surface area contributed by atoms with Crippen LogP contribution in [0.4, 0.5) is 10.3 Å². The Kier molecular flexibility index (Phi) is 12.2. The smallest absolute Gasteiger partial charge is 0.335 e. The van der Waals surface area contributed by atoms with Gasteiger partial charge in [0.2, 0.25) is 0 Å². The van der Waals surface area contributed by atoms with E-state index in [2.05, 4.69) is 62.9 Å². The molecule has 2 aliphatic carbocycles. The Morgan fingerprint density at radius 2 is 1.18 bits per heavy atom. The topological polar surface area (TPSA) is 268 Å². The lowest BCUT2D eigenvalue weighted by Gasteiger charge is -2.29. The highest BCUT2D eigenvalue weighted by molar-refractivity contribution is 7.16. The molecular formula is C52H54N12O5S2. The minimum absolute atomic E-state index is 0.0334. The quantitative estimate of drug-likeness (QED) is 0.0889. The van der Waals surface area contributed by atoms with E-state index >= 15 is 0 Å². The Morgan fingerprint density at radius 1 is 0.690 bits per heavy atom. The van der Waals surface area contributed by atoms with Crippen LogP contribution in [0, 0.1) is 0 Å². The number of fused-ring (bicyclic) bond motifs is 10. The summed E-state index contributed by atoms with van der Waals surface area (Å²) in [5, 5.41) is 15.5. The van der Waals surface area contributed by atoms with Gasteiger partial charge in [-0.2, -0.15) is 0 Å². The summed E-state index contributed by atoms with van der Waals surface area (Å²) in [6.07, 6.45) is 9.80. The number of amides is 3. The summed E-state index contributed by atoms with van der Waals surface area (Å²) >= 11 is 3.07. The number of carboxylic acid groups (broad SMARTS) is 1. The van der Waals surface area contributed by atoms with Crippen LogP contribution in [-0.2, 0) is 23.7 Å². The maximum atomic E-state index is 13.2. The number of H-pyrrole nitrogens is 2. The molecule has 17 nitrogen and oxygen atoms in total. The van der Waals surface area contributed by atoms with Gasteiger partial charge >= 0.3 is 5.97 Å². The van der Waals surface area contributed by atoms with Crippen molar-refractivity contribution < 1.29 is 24.3 Å². The molecule has 2 saturated heterocycles. The molecule has 2 unspecified atom stereocenters. The van der Waals surface area contributed by atoms with Crippen molar-refractivity contribution in [3.05, 3.63) is 129 Å². The van der Waals surface area contributed by atoms with E-state index in [4.69, 9.17) is 17.2 Å². The van der Waals surface area contributed by atoms with Crippen molar-refractivity contribution in [1.29, 1.82) is 0 Å². The van der Waals surface area contributed by atoms with Gasteiger partial charge < -0.3 is 47.4 Å². The monoisotopic (exact) mass is 990 g/mol. The lowest BCUT2D eigenvalue weighted by molar-refractivity contribution is 0.0695. The normalized spacial score (nSPS) is 18.0. The minimum atomic E-state index is -0.913. The van der Waals surface area contributed by atoms with Gasteiger partial charge in [-0.3, -0.25) is 24.4 Å². The van der Waals surface area contributed by atoms with E-state index in [1.165, 1.54) is 26.7 Å². The zero-order chi connectivity index (χ0) is 49.9. The molecule has 0 spiro atoms. The molecule has 2 fully saturated rings. The molecule has 8 aromatic rings. The van der Waals surface area contributed by atoms with Crippen LogP contribution in [0.1, 0.15) is 103 Å². The largest absolute Gasteiger partial charge is 0.478 e. The number of benzene rings is 2. The van der Waals surface area contributed by atoms with Crippen LogP contribution in [0.25, 0.3) is 44.6 Å². The van der Waals surface area contributed by atoms with Crippen LogP contribution in [0.3, 0.4) is 0 Å². The summed E-state index contributed by atoms with van der Waals surface area (Å²) < 4.78 is 0. The first-order valence-electron chi connectivity index (χ1n) is 23.5. The predicted molar refractivity (Wildman–Crippen MR) is 277 cm³/mol. The first-order chi connectivity index (χ1) is 33.9. The highest BCUT2D eigenvalue weighted by Crippen LogP contribution is 2.49. The molecule has 6 aromatic heterocycles. The zero-order valence-corrected chi connectivity index (χ0v) is 41.3. The van der Waals surface area contributed by atoms with Gasteiger partial charge in [0.1, 0.15) is 11.4 Å². The van der Waals surface area contributed by atoms with Crippen molar-refractivity contribution in [2.45, 2.75) is 76.3 Å². The molecule has 71 heavy (non-hydrogen) atoms. The van der Waals surface area contributed by atoms with Crippen LogP contribution >= 0.6 is 22.7 Å². The third kappa shape index (κ3) is 9.11. The highest BCUT2D eigenvalue weighted by atomic mass is 32.1. The van der Waals surface area contributed by atoms with Crippen molar-refractivity contribution in [3.8, 4) is 22.8 Å². The van der Waals surface area contributed by atoms with E-state index in [0.29, 0.717) is 52.2 Å². The van der Waals surface area contributed by atoms with Gasteiger partial charge in [-0.05, 0) is 108 Å². The Labute approximate surface area is 416 Å². The van der Waals surface area contributed by atoms with E-state index in [-0.39, 0.29) is 40.6 Å². The maximum absolute atomic E-state index is 13.2. The number of hydrogen-bond acceptors (Lipinski definition) is 13. The molecule has 8 heterocycles. The molecule has 0 radical (unpaired) electrons. The van der Waals surface area contributed by atoms with Gasteiger partial charge in [0.25, 0.3) is 17.7 Å². The number of carboxylic acids is 1. The highest BCUT2D eigenvalue weighted by Gasteiger charge is 2.38. The fourth-order valence-corrected chi connectivity index (χ4v) is 12.5. The summed E-state index contributed by atoms with van der Waals surface area (Å²) in [6, 6.07) is 18.1. The number of thiazole rings is 2. The van der Waals surface area contributed by atoms with Crippen molar-refractivity contribution >= 4 is 78.4 Å². The lowest BCUT2D eigenvalue weighted by atomic mass is 9.75. The van der Waals surface area contributed by atoms with Gasteiger partial charge in [-0.15, -0.1) is 22.7 Å². The fourth-order valence-electron chi connectivity index (χ4n) is 10.4. The molecule has 2 aromatic carbocycles. The van der Waals surface area contributed by atoms with E-state index in [1.54, 1.807) is 82.3 Å². The van der Waals surface area contributed by atoms with Crippen molar-refractivity contribution in [2.75, 3.05) is 37.6 Å². The molecule has 0 saturated carbocycles. The van der Waals surface area contributed by atoms with Crippen LogP contribution in [-0.4, -0.2) is 107 Å². The Bertz CT molecular complexity index is 3380. The lowest BCUT2D eigenvalue weighted by Crippen LogP contribution is -2.38. The van der Waals surface area contributed by atoms with E-state index in [9.17, 15) is 24.3 Å². The molecule has 4 aliphatic rings. The maximum Gasteiger partial charge on any atom is 0.335 e. The zero-order valence-electron chi connectivity index (χ0n) is 39.7. The van der Waals surface area contributed by atoms with Crippen LogP contribution < -0.4 is 22.5 Å². The first-order valence-corrected chi connectivity index (χ1v) is 25.1. The molecule has 12 rings (SSSR count). The second-order valence-electron chi connectivity index (χ2n) is 19.8. The van der Waals surface area contributed by atoms with Crippen molar-refractivity contribution in [1.82, 2.24) is 45.0 Å². The number of aromatic amines is 2. The number of rotatable bonds is 5. The van der Waals surface area contributed by atoms with Gasteiger partial charge in [0.05, 0.1) is 28.1 Å². The van der Waals surface area contributed by atoms with Crippen LogP contribution in [0.2, 0.25) is 0 Å². The number of carbonyl (C=O) groups excluding carboxylic acids is 3. The van der Waals surface area contributed by atoms with E-state index < -0.39 is 5.97 Å². The van der Waals surface area contributed by atoms with Gasteiger partial charge in [-0.25, -0.2) is 14.8 Å². The fraction of sp³-hybridized carbons (Fsp3) is 0.308. The Hall–Kier alpha value is -7.48. The molecule has 19 heteroatoms. The van der Waals surface area contributed by atoms with E-state index in [1.807, 2.05) is 24.3 Å². The van der Waals surface area contributed by atoms with Gasteiger partial charge in [0, 0.05) is 100 Å². The number of aromatic carboxylic acids is 1. The predicted octanol–water partition coefficient (Wildman–Crippen LogP) is 7.41. The number of aromatic nitrogens is 6.